The fraction of sp³-hybridized carbons (Fsp3) is 0. The van der Waals surface area contributed by atoms with Crippen molar-refractivity contribution in [3.8, 4) is 141 Å². The zero-order valence-electron chi connectivity index (χ0n) is 79.3. The van der Waals surface area contributed by atoms with Crippen LogP contribution in [0.2, 0.25) is 0 Å². The van der Waals surface area contributed by atoms with Crippen molar-refractivity contribution in [1.29, 1.82) is 0 Å². The van der Waals surface area contributed by atoms with Gasteiger partial charge in [-0.25, -0.2) is 39.9 Å². The molecule has 0 spiro atoms. The molecule has 0 radical (unpaired) electrons. The molecular weight excluding hydrogens is 1790 g/mol. The summed E-state index contributed by atoms with van der Waals surface area (Å²) >= 11 is 0. The van der Waals surface area contributed by atoms with Gasteiger partial charge >= 0.3 is 0 Å². The van der Waals surface area contributed by atoms with Crippen molar-refractivity contribution in [2.24, 2.45) is 0 Å². The lowest BCUT2D eigenvalue weighted by atomic mass is 9.95. The second kappa shape index (κ2) is 36.8. The first-order chi connectivity index (χ1) is 72.9. The Morgan fingerprint density at radius 2 is 0.510 bits per heavy atom. The standard InChI is InChI=1S/C48H31N5.C46H29N5.C39H24N4/c1-4-14-34(15-5-1)44-43-40-21-11-13-23-42(40)53(45(43)39-20-10-12-22-41(39)49-44)38-30-28-33(29-31-38)32-24-26-37(27-25-32)48-51-46(35-16-6-2-7-17-35)50-47(52-48)36-18-8-3-9-19-36;1-2-14-30(15-3-1)45-44-36-19-7-9-23-42(36)51(46(44)35-18-6-8-20-37(35)50-45)43-25-24-32(33-16-4-5-17-34(33)43)31-28-40(38-21-10-12-26-47-38)49-41(29-31)39-22-11-13-27-48-39;1-2-9-26(10-3-1)36-35-31-13-5-7-15-34(31)43(39(35)30-12-4-6-14-33(30)42-36)29-21-18-25(19-22-29)32-23-20-28-17-16-27-11-8-24-40-37(27)38(28)41-32/h1-31H;1-29H;1-24H. The van der Waals surface area contributed by atoms with Gasteiger partial charge < -0.3 is 13.7 Å². The van der Waals surface area contributed by atoms with Gasteiger partial charge in [0.25, 0.3) is 0 Å². The Kier molecular flexibility index (Phi) is 21.6. The minimum atomic E-state index is 0.641. The monoisotopic (exact) mass is 1880 g/mol. The number of benzene rings is 17. The molecule has 0 saturated heterocycles. The predicted molar refractivity (Wildman–Crippen MR) is 603 cm³/mol. The molecule has 0 aliphatic rings. The van der Waals surface area contributed by atoms with Crippen LogP contribution in [0.25, 0.3) is 272 Å². The molecule has 0 aliphatic heterocycles. The van der Waals surface area contributed by atoms with Gasteiger partial charge in [-0.05, 0) is 143 Å². The normalized spacial score (nSPS) is 11.5. The van der Waals surface area contributed by atoms with Crippen LogP contribution in [0.3, 0.4) is 0 Å². The van der Waals surface area contributed by atoms with Crippen molar-refractivity contribution in [3.05, 3.63) is 510 Å². The van der Waals surface area contributed by atoms with Gasteiger partial charge in [-0.2, -0.15) is 0 Å². The maximum atomic E-state index is 5.28. The molecule has 686 valence electrons. The summed E-state index contributed by atoms with van der Waals surface area (Å²) in [6.45, 7) is 0. The summed E-state index contributed by atoms with van der Waals surface area (Å²) in [5.41, 5.74) is 33.8. The molecule has 0 bridgehead atoms. The lowest BCUT2D eigenvalue weighted by molar-refractivity contribution is 1.07. The summed E-state index contributed by atoms with van der Waals surface area (Å²) in [7, 11) is 0. The fourth-order valence-corrected chi connectivity index (χ4v) is 21.2. The summed E-state index contributed by atoms with van der Waals surface area (Å²) < 4.78 is 7.22. The summed E-state index contributed by atoms with van der Waals surface area (Å²) in [4.78, 5) is 54.4. The van der Waals surface area contributed by atoms with E-state index in [4.69, 9.17) is 39.9 Å². The van der Waals surface area contributed by atoms with Crippen molar-refractivity contribution in [2.75, 3.05) is 0 Å². The van der Waals surface area contributed by atoms with E-state index in [1.54, 1.807) is 0 Å². The van der Waals surface area contributed by atoms with Crippen LogP contribution in [-0.4, -0.2) is 68.5 Å². The molecular formula is C133H84N14. The van der Waals surface area contributed by atoms with E-state index in [1.807, 2.05) is 122 Å². The van der Waals surface area contributed by atoms with Gasteiger partial charge in [-0.15, -0.1) is 0 Å². The molecule has 29 rings (SSSR count). The molecule has 29 aromatic rings. The molecule has 14 nitrogen and oxygen atoms in total. The number of rotatable bonds is 14. The maximum Gasteiger partial charge on any atom is 0.164 e. The largest absolute Gasteiger partial charge is 0.308 e. The van der Waals surface area contributed by atoms with Crippen LogP contribution in [-0.2, 0) is 0 Å². The zero-order chi connectivity index (χ0) is 97.2. The third kappa shape index (κ3) is 15.5. The van der Waals surface area contributed by atoms with Gasteiger partial charge in [-0.1, -0.05) is 376 Å². The number of nitrogens with zero attached hydrogens (tertiary/aromatic N) is 14. The van der Waals surface area contributed by atoms with Crippen molar-refractivity contribution >= 4 is 131 Å². The van der Waals surface area contributed by atoms with Crippen molar-refractivity contribution in [3.63, 3.8) is 0 Å². The van der Waals surface area contributed by atoms with E-state index in [-0.39, 0.29) is 0 Å². The van der Waals surface area contributed by atoms with Gasteiger partial charge in [0, 0.05) is 134 Å². The number of pyridine rings is 8. The van der Waals surface area contributed by atoms with Gasteiger partial charge in [-0.3, -0.25) is 15.0 Å². The first-order valence-corrected chi connectivity index (χ1v) is 49.3. The summed E-state index contributed by atoms with van der Waals surface area (Å²) in [5.74, 6) is 1.94. The highest BCUT2D eigenvalue weighted by Gasteiger charge is 2.28. The van der Waals surface area contributed by atoms with Crippen LogP contribution in [0.15, 0.2) is 510 Å². The topological polar surface area (TPSA) is 157 Å². The SMILES string of the molecule is c1ccc(-c2nc(-c3ccccc3)nc(-c3ccc(-c4ccc(-n5c6ccccc6c6c(-c7ccccc7)nc7ccccc7c65)cc4)cc3)n2)cc1.c1ccc(-c2nc3ccccc3c3c2c2ccccc2n3-c2ccc(-c3cc(-c4ccccn4)nc(-c4ccccn4)c3)c3ccccc23)cc1.c1ccc(-c2nc3ccccc3c3c2c2ccccc2n3-c2ccc(-c3ccc4ccc5cccnc5c4n3)cc2)cc1. The van der Waals surface area contributed by atoms with Crippen molar-refractivity contribution < 1.29 is 0 Å². The van der Waals surface area contributed by atoms with Gasteiger partial charge in [0.1, 0.15) is 0 Å². The highest BCUT2D eigenvalue weighted by molar-refractivity contribution is 6.26. The van der Waals surface area contributed by atoms with Crippen molar-refractivity contribution in [2.45, 2.75) is 0 Å². The van der Waals surface area contributed by atoms with E-state index < -0.39 is 0 Å². The Bertz CT molecular complexity index is 10000. The molecule has 0 atom stereocenters. The molecule has 14 heteroatoms. The van der Waals surface area contributed by atoms with Crippen LogP contribution in [0.1, 0.15) is 0 Å². The Morgan fingerprint density at radius 1 is 0.170 bits per heavy atom. The highest BCUT2D eigenvalue weighted by atomic mass is 15.0. The number of hydrogen-bond acceptors (Lipinski definition) is 11. The molecule has 0 amide bonds. The summed E-state index contributed by atoms with van der Waals surface area (Å²) in [5, 5.41) is 14.9. The Labute approximate surface area is 844 Å². The molecule has 12 heterocycles. The Morgan fingerprint density at radius 3 is 0.952 bits per heavy atom. The quantitative estimate of drug-likeness (QED) is 0.0955. The molecule has 0 N–H and O–H groups in total. The third-order valence-corrected chi connectivity index (χ3v) is 27.9. The van der Waals surface area contributed by atoms with Crippen LogP contribution in [0, 0.1) is 0 Å². The van der Waals surface area contributed by atoms with Gasteiger partial charge in [0.05, 0.1) is 112 Å². The molecule has 12 aromatic heterocycles. The lowest BCUT2D eigenvalue weighted by Gasteiger charge is -2.17. The first-order valence-electron chi connectivity index (χ1n) is 49.3. The smallest absolute Gasteiger partial charge is 0.164 e. The van der Waals surface area contributed by atoms with Gasteiger partial charge in [0.2, 0.25) is 0 Å². The summed E-state index contributed by atoms with van der Waals surface area (Å²) in [6, 6.07) is 171. The summed E-state index contributed by atoms with van der Waals surface area (Å²) in [6.07, 6.45) is 5.45. The highest BCUT2D eigenvalue weighted by Crippen LogP contribution is 2.48. The first kappa shape index (κ1) is 86.0. The van der Waals surface area contributed by atoms with Crippen LogP contribution >= 0.6 is 0 Å². The lowest BCUT2D eigenvalue weighted by Crippen LogP contribution is -2.00. The van der Waals surface area contributed by atoms with E-state index in [0.717, 1.165) is 227 Å². The number of fused-ring (bicyclic) bond motifs is 19. The minimum absolute atomic E-state index is 0.641. The van der Waals surface area contributed by atoms with E-state index in [9.17, 15) is 0 Å². The minimum Gasteiger partial charge on any atom is -0.308 e. The van der Waals surface area contributed by atoms with Crippen molar-refractivity contribution in [1.82, 2.24) is 68.5 Å². The molecule has 0 aliphatic carbocycles. The fourth-order valence-electron chi connectivity index (χ4n) is 21.2. The van der Waals surface area contributed by atoms with Gasteiger partial charge in [0.15, 0.2) is 17.5 Å². The van der Waals surface area contributed by atoms with E-state index in [0.29, 0.717) is 17.5 Å². The van der Waals surface area contributed by atoms with Crippen LogP contribution in [0.5, 0.6) is 0 Å². The number of hydrogen-bond donors (Lipinski definition) is 0. The second-order valence-corrected chi connectivity index (χ2v) is 36.6. The second-order valence-electron chi connectivity index (χ2n) is 36.6. The zero-order valence-corrected chi connectivity index (χ0v) is 79.3. The number of para-hydroxylation sites is 6. The average Bonchev–Trinajstić information content (AvgIpc) is 1.55. The molecule has 0 saturated carbocycles. The third-order valence-electron chi connectivity index (χ3n) is 27.9. The van der Waals surface area contributed by atoms with E-state index >= 15 is 0 Å². The maximum absolute atomic E-state index is 5.28. The van der Waals surface area contributed by atoms with Crippen LogP contribution < -0.4 is 0 Å². The Hall–Kier alpha value is -20.1. The predicted octanol–water partition coefficient (Wildman–Crippen LogP) is 33.0. The molecule has 17 aromatic carbocycles. The number of aromatic nitrogens is 14. The van der Waals surface area contributed by atoms with E-state index in [2.05, 4.69) is 417 Å². The molecule has 147 heavy (non-hydrogen) atoms. The van der Waals surface area contributed by atoms with E-state index in [1.165, 1.54) is 27.1 Å². The molecule has 0 unspecified atom stereocenters. The Balaban J connectivity index is 0.000000110. The van der Waals surface area contributed by atoms with Crippen LogP contribution in [0.4, 0.5) is 0 Å². The average molecular weight is 1880 g/mol. The molecule has 0 fully saturated rings.